The highest BCUT2D eigenvalue weighted by Gasteiger charge is 2.26. The van der Waals surface area contributed by atoms with Gasteiger partial charge in [-0.25, -0.2) is 0 Å². The Balaban J connectivity index is 1.96. The summed E-state index contributed by atoms with van der Waals surface area (Å²) >= 11 is 0. The van der Waals surface area contributed by atoms with Crippen LogP contribution in [0.15, 0.2) is 16.5 Å². The maximum Gasteiger partial charge on any atom is 0.185 e. The lowest BCUT2D eigenvalue weighted by molar-refractivity contribution is 0.102. The number of piperidine rings is 1. The molecule has 0 bridgehead atoms. The summed E-state index contributed by atoms with van der Waals surface area (Å²) in [7, 11) is 0. The quantitative estimate of drug-likeness (QED) is 0.736. The van der Waals surface area contributed by atoms with Crippen molar-refractivity contribution >= 4 is 6.29 Å². The van der Waals surface area contributed by atoms with Crippen LogP contribution in [-0.4, -0.2) is 24.3 Å². The van der Waals surface area contributed by atoms with E-state index in [4.69, 9.17) is 4.42 Å². The molecule has 0 spiro atoms. The van der Waals surface area contributed by atoms with Crippen LogP contribution in [0.1, 0.15) is 43.0 Å². The second-order valence-corrected chi connectivity index (χ2v) is 5.40. The fourth-order valence-electron chi connectivity index (χ4n) is 2.44. The van der Waals surface area contributed by atoms with Crippen LogP contribution in [0, 0.1) is 5.41 Å². The standard InChI is InChI=1S/C13H19NO2/c1-13(2)6-3-7-14(10-13)8-11-4-5-12(9-15)16-11/h4-5,9H,3,6-8,10H2,1-2H3. The number of furan rings is 1. The van der Waals surface area contributed by atoms with Gasteiger partial charge in [0.05, 0.1) is 6.54 Å². The smallest absolute Gasteiger partial charge is 0.185 e. The van der Waals surface area contributed by atoms with Gasteiger partial charge in [-0.3, -0.25) is 9.69 Å². The Morgan fingerprint density at radius 2 is 2.31 bits per heavy atom. The van der Waals surface area contributed by atoms with E-state index in [9.17, 15) is 4.79 Å². The van der Waals surface area contributed by atoms with Crippen LogP contribution in [0.3, 0.4) is 0 Å². The van der Waals surface area contributed by atoms with Gasteiger partial charge in [-0.15, -0.1) is 0 Å². The molecule has 0 atom stereocenters. The van der Waals surface area contributed by atoms with E-state index >= 15 is 0 Å². The zero-order chi connectivity index (χ0) is 11.6. The minimum absolute atomic E-state index is 0.401. The number of hydrogen-bond donors (Lipinski definition) is 0. The summed E-state index contributed by atoms with van der Waals surface area (Å²) in [6, 6.07) is 3.63. The van der Waals surface area contributed by atoms with Gasteiger partial charge in [0.15, 0.2) is 12.0 Å². The minimum atomic E-state index is 0.401. The van der Waals surface area contributed by atoms with E-state index in [1.165, 1.54) is 12.8 Å². The molecule has 0 saturated carbocycles. The summed E-state index contributed by atoms with van der Waals surface area (Å²) in [4.78, 5) is 12.9. The molecule has 1 aliphatic rings. The molecule has 16 heavy (non-hydrogen) atoms. The molecule has 1 aromatic rings. The Morgan fingerprint density at radius 1 is 1.50 bits per heavy atom. The number of carbonyl (C=O) groups excluding carboxylic acids is 1. The van der Waals surface area contributed by atoms with E-state index in [1.807, 2.05) is 6.07 Å². The Hall–Kier alpha value is -1.09. The summed E-state index contributed by atoms with van der Waals surface area (Å²) in [6.07, 6.45) is 3.29. The molecule has 0 amide bonds. The Morgan fingerprint density at radius 3 is 2.94 bits per heavy atom. The highest BCUT2D eigenvalue weighted by atomic mass is 16.3. The predicted molar refractivity (Wildman–Crippen MR) is 62.4 cm³/mol. The van der Waals surface area contributed by atoms with Crippen LogP contribution < -0.4 is 0 Å². The molecule has 0 N–H and O–H groups in total. The average molecular weight is 221 g/mol. The van der Waals surface area contributed by atoms with Crippen molar-refractivity contribution in [2.75, 3.05) is 13.1 Å². The highest BCUT2D eigenvalue weighted by molar-refractivity contribution is 5.70. The van der Waals surface area contributed by atoms with Gasteiger partial charge in [-0.1, -0.05) is 13.8 Å². The van der Waals surface area contributed by atoms with Crippen LogP contribution in [-0.2, 0) is 6.54 Å². The summed E-state index contributed by atoms with van der Waals surface area (Å²) in [5.74, 6) is 1.31. The first-order chi connectivity index (χ1) is 7.59. The van der Waals surface area contributed by atoms with Crippen molar-refractivity contribution in [3.63, 3.8) is 0 Å². The van der Waals surface area contributed by atoms with Crippen molar-refractivity contribution < 1.29 is 9.21 Å². The summed E-state index contributed by atoms with van der Waals surface area (Å²) in [5, 5.41) is 0. The molecule has 3 heteroatoms. The lowest BCUT2D eigenvalue weighted by Crippen LogP contribution is -2.39. The third-order valence-corrected chi connectivity index (χ3v) is 3.16. The third-order valence-electron chi connectivity index (χ3n) is 3.16. The normalized spacial score (nSPS) is 20.9. The molecule has 3 nitrogen and oxygen atoms in total. The second-order valence-electron chi connectivity index (χ2n) is 5.40. The largest absolute Gasteiger partial charge is 0.457 e. The number of rotatable bonds is 3. The predicted octanol–water partition coefficient (Wildman–Crippen LogP) is 2.71. The second kappa shape index (κ2) is 4.42. The van der Waals surface area contributed by atoms with Crippen molar-refractivity contribution in [3.05, 3.63) is 23.7 Å². The monoisotopic (exact) mass is 221 g/mol. The number of likely N-dealkylation sites (tertiary alicyclic amines) is 1. The first kappa shape index (κ1) is 11.4. The summed E-state index contributed by atoms with van der Waals surface area (Å²) in [6.45, 7) is 7.65. The number of hydrogen-bond acceptors (Lipinski definition) is 3. The molecule has 0 unspecified atom stereocenters. The topological polar surface area (TPSA) is 33.5 Å². The Labute approximate surface area is 96.4 Å². The number of nitrogens with zero attached hydrogens (tertiary/aromatic N) is 1. The molecule has 1 aromatic heterocycles. The molecular formula is C13H19NO2. The van der Waals surface area contributed by atoms with Gasteiger partial charge in [0.2, 0.25) is 0 Å². The first-order valence-electron chi connectivity index (χ1n) is 5.85. The molecule has 2 heterocycles. The van der Waals surface area contributed by atoms with Gasteiger partial charge in [-0.05, 0) is 36.9 Å². The van der Waals surface area contributed by atoms with Gasteiger partial charge < -0.3 is 4.42 Å². The summed E-state index contributed by atoms with van der Waals surface area (Å²) in [5.41, 5.74) is 0.401. The highest BCUT2D eigenvalue weighted by Crippen LogP contribution is 2.29. The molecule has 0 aliphatic carbocycles. The van der Waals surface area contributed by atoms with E-state index in [2.05, 4.69) is 18.7 Å². The summed E-state index contributed by atoms with van der Waals surface area (Å²) < 4.78 is 5.39. The molecule has 1 saturated heterocycles. The Kier molecular flexibility index (Phi) is 3.15. The zero-order valence-electron chi connectivity index (χ0n) is 10.0. The SMILES string of the molecule is CC1(C)CCCN(Cc2ccc(C=O)o2)C1. The van der Waals surface area contributed by atoms with Crippen LogP contribution in [0.25, 0.3) is 0 Å². The zero-order valence-corrected chi connectivity index (χ0v) is 10.0. The molecule has 1 aliphatic heterocycles. The molecule has 0 radical (unpaired) electrons. The molecular weight excluding hydrogens is 202 g/mol. The van der Waals surface area contributed by atoms with Gasteiger partial charge >= 0.3 is 0 Å². The van der Waals surface area contributed by atoms with E-state index in [0.717, 1.165) is 31.7 Å². The van der Waals surface area contributed by atoms with Crippen LogP contribution in [0.2, 0.25) is 0 Å². The van der Waals surface area contributed by atoms with Gasteiger partial charge in [0.1, 0.15) is 5.76 Å². The maximum absolute atomic E-state index is 10.5. The Bertz CT molecular complexity index is 368. The molecule has 88 valence electrons. The number of carbonyl (C=O) groups is 1. The van der Waals surface area contributed by atoms with Crippen molar-refractivity contribution in [2.45, 2.75) is 33.2 Å². The van der Waals surface area contributed by atoms with Crippen LogP contribution in [0.5, 0.6) is 0 Å². The lowest BCUT2D eigenvalue weighted by atomic mass is 9.84. The van der Waals surface area contributed by atoms with E-state index < -0.39 is 0 Å². The van der Waals surface area contributed by atoms with Crippen molar-refractivity contribution in [2.24, 2.45) is 5.41 Å². The van der Waals surface area contributed by atoms with E-state index in [0.29, 0.717) is 11.2 Å². The average Bonchev–Trinajstić information content (AvgIpc) is 2.64. The minimum Gasteiger partial charge on any atom is -0.457 e. The van der Waals surface area contributed by atoms with Gasteiger partial charge in [0, 0.05) is 6.54 Å². The van der Waals surface area contributed by atoms with E-state index in [-0.39, 0.29) is 0 Å². The molecule has 1 fully saturated rings. The maximum atomic E-state index is 10.5. The van der Waals surface area contributed by atoms with Crippen molar-refractivity contribution in [1.82, 2.24) is 4.90 Å². The van der Waals surface area contributed by atoms with Crippen molar-refractivity contribution in [3.8, 4) is 0 Å². The van der Waals surface area contributed by atoms with Crippen LogP contribution in [0.4, 0.5) is 0 Å². The lowest BCUT2D eigenvalue weighted by Gasteiger charge is -2.37. The fourth-order valence-corrected chi connectivity index (χ4v) is 2.44. The number of aldehydes is 1. The molecule has 0 aromatic carbocycles. The van der Waals surface area contributed by atoms with Crippen molar-refractivity contribution in [1.29, 1.82) is 0 Å². The van der Waals surface area contributed by atoms with Crippen LogP contribution >= 0.6 is 0 Å². The molecule has 2 rings (SSSR count). The fraction of sp³-hybridized carbons (Fsp3) is 0.615. The first-order valence-corrected chi connectivity index (χ1v) is 5.85. The van der Waals surface area contributed by atoms with Gasteiger partial charge in [-0.2, -0.15) is 0 Å². The third kappa shape index (κ3) is 2.73. The van der Waals surface area contributed by atoms with E-state index in [1.54, 1.807) is 6.07 Å². The van der Waals surface area contributed by atoms with Gasteiger partial charge in [0.25, 0.3) is 0 Å².